The van der Waals surface area contributed by atoms with E-state index in [9.17, 15) is 9.59 Å². The van der Waals surface area contributed by atoms with Gasteiger partial charge in [-0.3, -0.25) is 0 Å². The van der Waals surface area contributed by atoms with Gasteiger partial charge in [-0.2, -0.15) is 0 Å². The van der Waals surface area contributed by atoms with Gasteiger partial charge in [0.05, 0.1) is 0 Å². The Morgan fingerprint density at radius 1 is 1.25 bits per heavy atom. The van der Waals surface area contributed by atoms with Crippen LogP contribution in [0, 0.1) is 0 Å². The molecule has 0 spiro atoms. The van der Waals surface area contributed by atoms with Crippen LogP contribution in [0.2, 0.25) is 0 Å². The number of piperazine rings is 1. The van der Waals surface area contributed by atoms with Crippen molar-refractivity contribution >= 4 is 12.0 Å². The molecule has 0 aromatic heterocycles. The van der Waals surface area contributed by atoms with Crippen LogP contribution in [0.25, 0.3) is 0 Å². The van der Waals surface area contributed by atoms with Crippen molar-refractivity contribution in [3.8, 4) is 0 Å². The first-order chi connectivity index (χ1) is 7.43. The Balaban J connectivity index is 2.54. The number of nitrogens with zero attached hydrogens (tertiary/aromatic N) is 3. The number of aliphatic carboxylic acids is 1. The molecule has 0 bridgehead atoms. The van der Waals surface area contributed by atoms with Crippen LogP contribution in [0.15, 0.2) is 0 Å². The van der Waals surface area contributed by atoms with E-state index >= 15 is 0 Å². The molecule has 2 amide bonds. The van der Waals surface area contributed by atoms with Crippen LogP contribution in [-0.4, -0.2) is 78.1 Å². The molecule has 1 saturated heterocycles. The number of urea groups is 1. The summed E-state index contributed by atoms with van der Waals surface area (Å²) in [4.78, 5) is 27.8. The van der Waals surface area contributed by atoms with E-state index in [0.29, 0.717) is 13.1 Å². The molecule has 1 atom stereocenters. The SMILES string of the molecule is CC(C(=O)O)N(C)C(=O)N1CCN(C)CC1. The van der Waals surface area contributed by atoms with Crippen LogP contribution in [0.3, 0.4) is 0 Å². The number of carboxylic acids is 1. The first-order valence-electron chi connectivity index (χ1n) is 5.36. The predicted molar refractivity (Wildman–Crippen MR) is 59.3 cm³/mol. The van der Waals surface area contributed by atoms with Gasteiger partial charge in [-0.15, -0.1) is 0 Å². The molecule has 6 nitrogen and oxygen atoms in total. The topological polar surface area (TPSA) is 64.1 Å². The largest absolute Gasteiger partial charge is 0.480 e. The highest BCUT2D eigenvalue weighted by Gasteiger charge is 2.27. The van der Waals surface area contributed by atoms with Crippen molar-refractivity contribution in [2.24, 2.45) is 0 Å². The third-order valence-corrected chi connectivity index (χ3v) is 3.01. The van der Waals surface area contributed by atoms with E-state index in [1.807, 2.05) is 7.05 Å². The van der Waals surface area contributed by atoms with E-state index in [-0.39, 0.29) is 6.03 Å². The molecule has 0 aromatic carbocycles. The zero-order chi connectivity index (χ0) is 12.3. The van der Waals surface area contributed by atoms with Crippen molar-refractivity contribution in [2.75, 3.05) is 40.3 Å². The van der Waals surface area contributed by atoms with Crippen molar-refractivity contribution < 1.29 is 14.7 Å². The lowest BCUT2D eigenvalue weighted by molar-refractivity contribution is -0.141. The van der Waals surface area contributed by atoms with Gasteiger partial charge in [-0.05, 0) is 14.0 Å². The second-order valence-corrected chi connectivity index (χ2v) is 4.20. The van der Waals surface area contributed by atoms with Crippen LogP contribution in [-0.2, 0) is 4.79 Å². The smallest absolute Gasteiger partial charge is 0.326 e. The number of carboxylic acid groups (broad SMARTS) is 1. The van der Waals surface area contributed by atoms with Crippen LogP contribution < -0.4 is 0 Å². The molecule has 1 aliphatic rings. The molecule has 1 rings (SSSR count). The maximum atomic E-state index is 11.9. The van der Waals surface area contributed by atoms with Gasteiger partial charge in [0.2, 0.25) is 0 Å². The van der Waals surface area contributed by atoms with Gasteiger partial charge in [0, 0.05) is 33.2 Å². The van der Waals surface area contributed by atoms with E-state index in [2.05, 4.69) is 4.90 Å². The van der Waals surface area contributed by atoms with Crippen molar-refractivity contribution in [1.82, 2.24) is 14.7 Å². The lowest BCUT2D eigenvalue weighted by Gasteiger charge is -2.35. The Bertz CT molecular complexity index is 274. The normalized spacial score (nSPS) is 19.3. The molecule has 16 heavy (non-hydrogen) atoms. The van der Waals surface area contributed by atoms with Crippen molar-refractivity contribution in [1.29, 1.82) is 0 Å². The summed E-state index contributed by atoms with van der Waals surface area (Å²) in [6, 6.07) is -0.991. The Morgan fingerprint density at radius 2 is 1.75 bits per heavy atom. The third kappa shape index (κ3) is 2.85. The molecule has 1 N–H and O–H groups in total. The second kappa shape index (κ2) is 5.16. The molecule has 1 heterocycles. The number of amides is 2. The molecule has 1 fully saturated rings. The fourth-order valence-electron chi connectivity index (χ4n) is 1.55. The molecule has 0 aliphatic carbocycles. The van der Waals surface area contributed by atoms with Gasteiger partial charge in [0.1, 0.15) is 6.04 Å². The number of likely N-dealkylation sites (N-methyl/N-ethyl adjacent to an activating group) is 2. The molecule has 1 aliphatic heterocycles. The fourth-order valence-corrected chi connectivity index (χ4v) is 1.55. The zero-order valence-corrected chi connectivity index (χ0v) is 10.0. The second-order valence-electron chi connectivity index (χ2n) is 4.20. The zero-order valence-electron chi connectivity index (χ0n) is 10.0. The maximum absolute atomic E-state index is 11.9. The quantitative estimate of drug-likeness (QED) is 0.709. The van der Waals surface area contributed by atoms with Gasteiger partial charge in [-0.25, -0.2) is 9.59 Å². The summed E-state index contributed by atoms with van der Waals surface area (Å²) in [5.74, 6) is -0.982. The minimum absolute atomic E-state index is 0.206. The van der Waals surface area contributed by atoms with Crippen molar-refractivity contribution in [3.63, 3.8) is 0 Å². The molecule has 1 unspecified atom stereocenters. The average Bonchev–Trinajstić information content (AvgIpc) is 2.27. The molecule has 0 aromatic rings. The maximum Gasteiger partial charge on any atom is 0.326 e. The van der Waals surface area contributed by atoms with Crippen molar-refractivity contribution in [3.05, 3.63) is 0 Å². The molecular weight excluding hydrogens is 210 g/mol. The summed E-state index contributed by atoms with van der Waals surface area (Å²) < 4.78 is 0. The van der Waals surface area contributed by atoms with Crippen LogP contribution in [0.4, 0.5) is 4.79 Å². The molecule has 0 saturated carbocycles. The lowest BCUT2D eigenvalue weighted by Crippen LogP contribution is -2.53. The highest BCUT2D eigenvalue weighted by Crippen LogP contribution is 2.06. The molecule has 0 radical (unpaired) electrons. The van der Waals surface area contributed by atoms with E-state index in [4.69, 9.17) is 5.11 Å². The van der Waals surface area contributed by atoms with E-state index in [0.717, 1.165) is 13.1 Å². The predicted octanol–water partition coefficient (Wildman–Crippen LogP) is -0.241. The van der Waals surface area contributed by atoms with Gasteiger partial charge in [0.15, 0.2) is 0 Å². The minimum Gasteiger partial charge on any atom is -0.480 e. The fraction of sp³-hybridized carbons (Fsp3) is 0.800. The highest BCUT2D eigenvalue weighted by atomic mass is 16.4. The Labute approximate surface area is 95.4 Å². The van der Waals surface area contributed by atoms with Gasteiger partial charge in [0.25, 0.3) is 0 Å². The average molecular weight is 229 g/mol. The minimum atomic E-state index is -0.982. The summed E-state index contributed by atoms with van der Waals surface area (Å²) >= 11 is 0. The number of hydrogen-bond donors (Lipinski definition) is 1. The summed E-state index contributed by atoms with van der Waals surface area (Å²) in [7, 11) is 3.53. The van der Waals surface area contributed by atoms with E-state index in [1.165, 1.54) is 18.9 Å². The van der Waals surface area contributed by atoms with E-state index in [1.54, 1.807) is 4.90 Å². The first-order valence-corrected chi connectivity index (χ1v) is 5.36. The summed E-state index contributed by atoms with van der Waals surface area (Å²) in [6.45, 7) is 4.50. The summed E-state index contributed by atoms with van der Waals surface area (Å²) in [5, 5.41) is 8.82. The van der Waals surface area contributed by atoms with Crippen LogP contribution >= 0.6 is 0 Å². The number of carbonyl (C=O) groups is 2. The van der Waals surface area contributed by atoms with Gasteiger partial charge in [-0.1, -0.05) is 0 Å². The van der Waals surface area contributed by atoms with Gasteiger partial charge < -0.3 is 19.8 Å². The number of carbonyl (C=O) groups excluding carboxylic acids is 1. The number of hydrogen-bond acceptors (Lipinski definition) is 3. The summed E-state index contributed by atoms with van der Waals surface area (Å²) in [5.41, 5.74) is 0. The molecular formula is C10H19N3O3. The third-order valence-electron chi connectivity index (χ3n) is 3.01. The van der Waals surface area contributed by atoms with E-state index < -0.39 is 12.0 Å². The first kappa shape index (κ1) is 12.8. The lowest BCUT2D eigenvalue weighted by atomic mass is 10.3. The highest BCUT2D eigenvalue weighted by molar-refractivity contribution is 5.82. The Hall–Kier alpha value is -1.30. The summed E-state index contributed by atoms with van der Waals surface area (Å²) in [6.07, 6.45) is 0. The Kier molecular flexibility index (Phi) is 4.12. The standard InChI is InChI=1S/C10H19N3O3/c1-8(9(14)15)12(3)10(16)13-6-4-11(2)5-7-13/h8H,4-7H2,1-3H3,(H,14,15). The van der Waals surface area contributed by atoms with Crippen molar-refractivity contribution in [2.45, 2.75) is 13.0 Å². The monoisotopic (exact) mass is 229 g/mol. The molecule has 6 heteroatoms. The number of rotatable bonds is 2. The Morgan fingerprint density at radius 3 is 2.19 bits per heavy atom. The van der Waals surface area contributed by atoms with Crippen LogP contribution in [0.1, 0.15) is 6.92 Å². The van der Waals surface area contributed by atoms with Crippen LogP contribution in [0.5, 0.6) is 0 Å². The van der Waals surface area contributed by atoms with Gasteiger partial charge >= 0.3 is 12.0 Å². The molecule has 92 valence electrons.